The molecule has 1 aromatic carbocycles. The molecule has 0 saturated carbocycles. The summed E-state index contributed by atoms with van der Waals surface area (Å²) in [6.45, 7) is 5.54. The van der Waals surface area contributed by atoms with Gasteiger partial charge in [-0.3, -0.25) is 14.5 Å². The van der Waals surface area contributed by atoms with Crippen molar-refractivity contribution < 1.29 is 9.59 Å². The van der Waals surface area contributed by atoms with Gasteiger partial charge in [0.05, 0.1) is 6.04 Å². The number of benzene rings is 1. The summed E-state index contributed by atoms with van der Waals surface area (Å²) in [6.07, 6.45) is 2.74. The molecule has 1 aromatic rings. The Balaban J connectivity index is 2.12. The summed E-state index contributed by atoms with van der Waals surface area (Å²) < 4.78 is 0. The summed E-state index contributed by atoms with van der Waals surface area (Å²) in [6, 6.07) is 8.43. The van der Waals surface area contributed by atoms with E-state index in [0.29, 0.717) is 19.4 Å². The number of nitrogens with one attached hydrogen (secondary N) is 1. The number of carbonyl (C=O) groups is 2. The molecule has 2 amide bonds. The Labute approximate surface area is 126 Å². The largest absolute Gasteiger partial charge is 0.308 e. The fourth-order valence-electron chi connectivity index (χ4n) is 2.60. The number of rotatable bonds is 7. The monoisotopic (exact) mass is 288 g/mol. The lowest BCUT2D eigenvalue weighted by Crippen LogP contribution is -2.38. The maximum absolute atomic E-state index is 11.8. The normalized spacial score (nSPS) is 16.6. The zero-order valence-corrected chi connectivity index (χ0v) is 12.9. The van der Waals surface area contributed by atoms with Gasteiger partial charge in [0.25, 0.3) is 0 Å². The van der Waals surface area contributed by atoms with Crippen LogP contribution in [-0.4, -0.2) is 29.8 Å². The molecule has 1 fully saturated rings. The molecular formula is C17H24N2O2. The molecule has 1 aliphatic rings. The average molecular weight is 288 g/mol. The van der Waals surface area contributed by atoms with Crippen LogP contribution in [-0.2, 0) is 16.0 Å². The van der Waals surface area contributed by atoms with Crippen LogP contribution in [0.15, 0.2) is 24.3 Å². The quantitative estimate of drug-likeness (QED) is 0.784. The van der Waals surface area contributed by atoms with Gasteiger partial charge in [0.1, 0.15) is 0 Å². The van der Waals surface area contributed by atoms with Crippen LogP contribution in [0.4, 0.5) is 0 Å². The third kappa shape index (κ3) is 3.91. The van der Waals surface area contributed by atoms with Gasteiger partial charge in [0.15, 0.2) is 0 Å². The molecule has 4 heteroatoms. The Morgan fingerprint density at radius 2 is 1.71 bits per heavy atom. The van der Waals surface area contributed by atoms with E-state index in [4.69, 9.17) is 0 Å². The topological polar surface area (TPSA) is 49.4 Å². The van der Waals surface area contributed by atoms with Crippen molar-refractivity contribution in [1.29, 1.82) is 0 Å². The van der Waals surface area contributed by atoms with Crippen molar-refractivity contribution in [2.45, 2.75) is 45.6 Å². The summed E-state index contributed by atoms with van der Waals surface area (Å²) in [7, 11) is 0. The van der Waals surface area contributed by atoms with Gasteiger partial charge in [-0.25, -0.2) is 0 Å². The molecule has 4 nitrogen and oxygen atoms in total. The van der Waals surface area contributed by atoms with E-state index < -0.39 is 0 Å². The van der Waals surface area contributed by atoms with Crippen LogP contribution in [0.5, 0.6) is 0 Å². The molecule has 1 heterocycles. The van der Waals surface area contributed by atoms with Crippen molar-refractivity contribution in [3.63, 3.8) is 0 Å². The van der Waals surface area contributed by atoms with Gasteiger partial charge in [-0.15, -0.1) is 0 Å². The molecule has 1 atom stereocenters. The summed E-state index contributed by atoms with van der Waals surface area (Å²) in [5, 5.41) is 3.45. The number of aryl methyl sites for hydroxylation is 1. The molecule has 2 rings (SSSR count). The first-order chi connectivity index (χ1) is 10.2. The maximum Gasteiger partial charge on any atom is 0.229 e. The van der Waals surface area contributed by atoms with Crippen molar-refractivity contribution in [1.82, 2.24) is 10.2 Å². The SMILES string of the molecule is CCCNC(CN1C(=O)CCC1=O)c1ccc(CC)cc1. The molecule has 1 aliphatic heterocycles. The first-order valence-electron chi connectivity index (χ1n) is 7.81. The van der Waals surface area contributed by atoms with Crippen LogP contribution >= 0.6 is 0 Å². The minimum atomic E-state index is -0.0477. The second kappa shape index (κ2) is 7.36. The number of amides is 2. The lowest BCUT2D eigenvalue weighted by molar-refractivity contribution is -0.138. The van der Waals surface area contributed by atoms with E-state index >= 15 is 0 Å². The first-order valence-corrected chi connectivity index (χ1v) is 7.81. The van der Waals surface area contributed by atoms with Gasteiger partial charge in [-0.1, -0.05) is 38.1 Å². The van der Waals surface area contributed by atoms with Crippen molar-refractivity contribution in [2.24, 2.45) is 0 Å². The minimum Gasteiger partial charge on any atom is -0.308 e. The van der Waals surface area contributed by atoms with Crippen LogP contribution in [0.25, 0.3) is 0 Å². The van der Waals surface area contributed by atoms with Crippen LogP contribution in [0, 0.1) is 0 Å². The van der Waals surface area contributed by atoms with Gasteiger partial charge in [0.2, 0.25) is 11.8 Å². The molecule has 0 radical (unpaired) electrons. The van der Waals surface area contributed by atoms with Crippen LogP contribution in [0.3, 0.4) is 0 Å². The van der Waals surface area contributed by atoms with E-state index in [1.807, 2.05) is 0 Å². The zero-order chi connectivity index (χ0) is 15.2. The van der Waals surface area contributed by atoms with Crippen LogP contribution in [0.2, 0.25) is 0 Å². The standard InChI is InChI=1S/C17H24N2O2/c1-3-11-18-15(12-19-16(20)9-10-17(19)21)14-7-5-13(4-2)6-8-14/h5-8,15,18H,3-4,9-12H2,1-2H3. The maximum atomic E-state index is 11.8. The molecule has 1 saturated heterocycles. The molecule has 0 spiro atoms. The lowest BCUT2D eigenvalue weighted by Gasteiger charge is -2.24. The van der Waals surface area contributed by atoms with E-state index in [0.717, 1.165) is 24.9 Å². The molecule has 114 valence electrons. The predicted octanol–water partition coefficient (Wildman–Crippen LogP) is 2.44. The van der Waals surface area contributed by atoms with Crippen molar-refractivity contribution in [3.8, 4) is 0 Å². The average Bonchev–Trinajstić information content (AvgIpc) is 2.83. The number of hydrogen-bond acceptors (Lipinski definition) is 3. The smallest absolute Gasteiger partial charge is 0.229 e. The zero-order valence-electron chi connectivity index (χ0n) is 12.9. The van der Waals surface area contributed by atoms with E-state index in [2.05, 4.69) is 43.4 Å². The highest BCUT2D eigenvalue weighted by Crippen LogP contribution is 2.20. The van der Waals surface area contributed by atoms with Crippen molar-refractivity contribution in [2.75, 3.05) is 13.1 Å². The first kappa shape index (κ1) is 15.7. The fraction of sp³-hybridized carbons (Fsp3) is 0.529. The number of carbonyl (C=O) groups excluding carboxylic acids is 2. The third-order valence-corrected chi connectivity index (χ3v) is 3.95. The number of hydrogen-bond donors (Lipinski definition) is 1. The molecule has 0 aromatic heterocycles. The Morgan fingerprint density at radius 3 is 2.24 bits per heavy atom. The summed E-state index contributed by atoms with van der Waals surface area (Å²) in [5.74, 6) is -0.0954. The highest BCUT2D eigenvalue weighted by Gasteiger charge is 2.31. The van der Waals surface area contributed by atoms with Crippen molar-refractivity contribution >= 4 is 11.8 Å². The van der Waals surface area contributed by atoms with E-state index in [1.165, 1.54) is 10.5 Å². The molecule has 0 bridgehead atoms. The highest BCUT2D eigenvalue weighted by atomic mass is 16.2. The molecular weight excluding hydrogens is 264 g/mol. The number of nitrogens with zero attached hydrogens (tertiary/aromatic N) is 1. The van der Waals surface area contributed by atoms with Gasteiger partial charge >= 0.3 is 0 Å². The summed E-state index contributed by atoms with van der Waals surface area (Å²) >= 11 is 0. The molecule has 0 aliphatic carbocycles. The van der Waals surface area contributed by atoms with Crippen LogP contribution in [0.1, 0.15) is 50.3 Å². The summed E-state index contributed by atoms with van der Waals surface area (Å²) in [5.41, 5.74) is 2.43. The predicted molar refractivity (Wildman–Crippen MR) is 82.8 cm³/mol. The van der Waals surface area contributed by atoms with E-state index in [-0.39, 0.29) is 17.9 Å². The number of imide groups is 1. The second-order valence-corrected chi connectivity index (χ2v) is 5.50. The second-order valence-electron chi connectivity index (χ2n) is 5.50. The van der Waals surface area contributed by atoms with Gasteiger partial charge < -0.3 is 5.32 Å². The Kier molecular flexibility index (Phi) is 5.51. The van der Waals surface area contributed by atoms with Crippen LogP contribution < -0.4 is 5.32 Å². The molecule has 1 N–H and O–H groups in total. The van der Waals surface area contributed by atoms with Gasteiger partial charge in [-0.2, -0.15) is 0 Å². The molecule has 1 unspecified atom stereocenters. The third-order valence-electron chi connectivity index (χ3n) is 3.95. The Bertz CT molecular complexity index is 480. The highest BCUT2D eigenvalue weighted by molar-refractivity contribution is 6.01. The summed E-state index contributed by atoms with van der Waals surface area (Å²) in [4.78, 5) is 25.0. The fourth-order valence-corrected chi connectivity index (χ4v) is 2.60. The lowest BCUT2D eigenvalue weighted by atomic mass is 10.0. The van der Waals surface area contributed by atoms with Gasteiger partial charge in [0, 0.05) is 19.4 Å². The van der Waals surface area contributed by atoms with E-state index in [1.54, 1.807) is 0 Å². The Morgan fingerprint density at radius 1 is 1.10 bits per heavy atom. The molecule has 21 heavy (non-hydrogen) atoms. The minimum absolute atomic E-state index is 0.0156. The van der Waals surface area contributed by atoms with E-state index in [9.17, 15) is 9.59 Å². The number of likely N-dealkylation sites (tertiary alicyclic amines) is 1. The van der Waals surface area contributed by atoms with Gasteiger partial charge in [-0.05, 0) is 30.5 Å². The Hall–Kier alpha value is -1.68. The van der Waals surface area contributed by atoms with Crippen molar-refractivity contribution in [3.05, 3.63) is 35.4 Å².